The van der Waals surface area contributed by atoms with E-state index in [4.69, 9.17) is 4.42 Å². The zero-order valence-corrected chi connectivity index (χ0v) is 8.58. The SMILES string of the molecule is CC1(CC(=O)c2ccco2)CCCC1. The summed E-state index contributed by atoms with van der Waals surface area (Å²) in [5.41, 5.74) is 0.226. The Morgan fingerprint density at radius 2 is 2.21 bits per heavy atom. The van der Waals surface area contributed by atoms with Crippen molar-refractivity contribution >= 4 is 5.78 Å². The summed E-state index contributed by atoms with van der Waals surface area (Å²) < 4.78 is 5.10. The number of rotatable bonds is 3. The van der Waals surface area contributed by atoms with Crippen LogP contribution in [0, 0.1) is 5.41 Å². The molecular weight excluding hydrogens is 176 g/mol. The average molecular weight is 192 g/mol. The second-order valence-corrected chi connectivity index (χ2v) is 4.60. The second-order valence-electron chi connectivity index (χ2n) is 4.60. The van der Waals surface area contributed by atoms with Crippen molar-refractivity contribution in [1.29, 1.82) is 0 Å². The minimum absolute atomic E-state index is 0.152. The third kappa shape index (κ3) is 1.89. The van der Waals surface area contributed by atoms with Gasteiger partial charge in [-0.25, -0.2) is 0 Å². The van der Waals surface area contributed by atoms with Crippen LogP contribution >= 0.6 is 0 Å². The van der Waals surface area contributed by atoms with Gasteiger partial charge in [0.2, 0.25) is 0 Å². The summed E-state index contributed by atoms with van der Waals surface area (Å²) in [5.74, 6) is 0.664. The quantitative estimate of drug-likeness (QED) is 0.687. The highest BCUT2D eigenvalue weighted by Crippen LogP contribution is 2.41. The van der Waals surface area contributed by atoms with Crippen LogP contribution < -0.4 is 0 Å². The van der Waals surface area contributed by atoms with E-state index >= 15 is 0 Å². The first kappa shape index (κ1) is 9.50. The van der Waals surface area contributed by atoms with Gasteiger partial charge in [-0.15, -0.1) is 0 Å². The van der Waals surface area contributed by atoms with Gasteiger partial charge in [-0.2, -0.15) is 0 Å². The maximum atomic E-state index is 11.8. The molecule has 0 aliphatic heterocycles. The van der Waals surface area contributed by atoms with Crippen LogP contribution in [0.4, 0.5) is 0 Å². The molecule has 14 heavy (non-hydrogen) atoms. The summed E-state index contributed by atoms with van der Waals surface area (Å²) in [6.07, 6.45) is 7.09. The molecule has 1 aliphatic carbocycles. The molecule has 1 heterocycles. The van der Waals surface area contributed by atoms with E-state index < -0.39 is 0 Å². The zero-order chi connectivity index (χ0) is 10.0. The van der Waals surface area contributed by atoms with Crippen molar-refractivity contribution in [3.8, 4) is 0 Å². The van der Waals surface area contributed by atoms with Crippen molar-refractivity contribution in [3.05, 3.63) is 24.2 Å². The van der Waals surface area contributed by atoms with Crippen molar-refractivity contribution in [2.75, 3.05) is 0 Å². The van der Waals surface area contributed by atoms with E-state index in [1.54, 1.807) is 18.4 Å². The van der Waals surface area contributed by atoms with Crippen molar-refractivity contribution in [1.82, 2.24) is 0 Å². The van der Waals surface area contributed by atoms with E-state index in [-0.39, 0.29) is 11.2 Å². The molecule has 76 valence electrons. The Hall–Kier alpha value is -1.05. The lowest BCUT2D eigenvalue weighted by molar-refractivity contribution is 0.0896. The minimum atomic E-state index is 0.152. The Balaban J connectivity index is 2.01. The first-order valence-electron chi connectivity index (χ1n) is 5.26. The molecule has 0 bridgehead atoms. The molecule has 2 heteroatoms. The zero-order valence-electron chi connectivity index (χ0n) is 8.58. The molecule has 2 rings (SSSR count). The molecule has 1 fully saturated rings. The summed E-state index contributed by atoms with van der Waals surface area (Å²) in [4.78, 5) is 11.8. The smallest absolute Gasteiger partial charge is 0.198 e. The lowest BCUT2D eigenvalue weighted by Gasteiger charge is -2.21. The first-order chi connectivity index (χ1) is 6.70. The maximum Gasteiger partial charge on any atom is 0.198 e. The number of ketones is 1. The third-order valence-electron chi connectivity index (χ3n) is 3.19. The van der Waals surface area contributed by atoms with Crippen molar-refractivity contribution in [2.24, 2.45) is 5.41 Å². The Bertz CT molecular complexity index is 305. The van der Waals surface area contributed by atoms with E-state index in [9.17, 15) is 4.79 Å². The first-order valence-corrected chi connectivity index (χ1v) is 5.26. The third-order valence-corrected chi connectivity index (χ3v) is 3.19. The highest BCUT2D eigenvalue weighted by molar-refractivity contribution is 5.93. The molecule has 0 unspecified atom stereocenters. The standard InChI is InChI=1S/C12H16O2/c1-12(6-2-3-7-12)9-10(13)11-5-4-8-14-11/h4-5,8H,2-3,6-7,9H2,1H3. The fraction of sp³-hybridized carbons (Fsp3) is 0.583. The largest absolute Gasteiger partial charge is 0.461 e. The lowest BCUT2D eigenvalue weighted by atomic mass is 9.83. The molecule has 0 saturated heterocycles. The van der Waals surface area contributed by atoms with Crippen LogP contribution in [0.5, 0.6) is 0 Å². The van der Waals surface area contributed by atoms with Crippen LogP contribution in [0.2, 0.25) is 0 Å². The number of hydrogen-bond acceptors (Lipinski definition) is 2. The van der Waals surface area contributed by atoms with Gasteiger partial charge in [0.15, 0.2) is 11.5 Å². The fourth-order valence-corrected chi connectivity index (χ4v) is 2.32. The molecule has 0 amide bonds. The van der Waals surface area contributed by atoms with Gasteiger partial charge < -0.3 is 4.42 Å². The number of Topliss-reactive ketones (excluding diaryl/α,β-unsaturated/α-hetero) is 1. The normalized spacial score (nSPS) is 19.8. The van der Waals surface area contributed by atoms with E-state index in [1.807, 2.05) is 0 Å². The van der Waals surface area contributed by atoms with Crippen LogP contribution in [0.1, 0.15) is 49.6 Å². The monoisotopic (exact) mass is 192 g/mol. The summed E-state index contributed by atoms with van der Waals surface area (Å²) in [6, 6.07) is 3.52. The summed E-state index contributed by atoms with van der Waals surface area (Å²) in [5, 5.41) is 0. The molecular formula is C12H16O2. The van der Waals surface area contributed by atoms with Crippen LogP contribution in [0.15, 0.2) is 22.8 Å². The van der Waals surface area contributed by atoms with Crippen LogP contribution in [0.3, 0.4) is 0 Å². The minimum Gasteiger partial charge on any atom is -0.461 e. The lowest BCUT2D eigenvalue weighted by Crippen LogP contribution is -2.16. The number of carbonyl (C=O) groups is 1. The fourth-order valence-electron chi connectivity index (χ4n) is 2.32. The van der Waals surface area contributed by atoms with E-state index in [0.717, 1.165) is 0 Å². The molecule has 2 nitrogen and oxygen atoms in total. The molecule has 0 spiro atoms. The molecule has 0 radical (unpaired) electrons. The van der Waals surface area contributed by atoms with Crippen molar-refractivity contribution in [2.45, 2.75) is 39.0 Å². The van der Waals surface area contributed by atoms with E-state index in [1.165, 1.54) is 25.7 Å². The van der Waals surface area contributed by atoms with Gasteiger partial charge in [-0.05, 0) is 30.4 Å². The predicted molar refractivity (Wildman–Crippen MR) is 54.2 cm³/mol. The van der Waals surface area contributed by atoms with Crippen LogP contribution in [-0.4, -0.2) is 5.78 Å². The van der Waals surface area contributed by atoms with Gasteiger partial charge in [0, 0.05) is 6.42 Å². The van der Waals surface area contributed by atoms with Gasteiger partial charge in [0.1, 0.15) is 0 Å². The Morgan fingerprint density at radius 3 is 2.79 bits per heavy atom. The Kier molecular flexibility index (Phi) is 2.44. The van der Waals surface area contributed by atoms with Gasteiger partial charge in [-0.3, -0.25) is 4.79 Å². The van der Waals surface area contributed by atoms with E-state index in [0.29, 0.717) is 12.2 Å². The van der Waals surface area contributed by atoms with Crippen LogP contribution in [0.25, 0.3) is 0 Å². The molecule has 1 aliphatic rings. The molecule has 1 aromatic rings. The van der Waals surface area contributed by atoms with Gasteiger partial charge in [0.05, 0.1) is 6.26 Å². The molecule has 1 saturated carbocycles. The molecule has 0 N–H and O–H groups in total. The average Bonchev–Trinajstić information content (AvgIpc) is 2.74. The number of carbonyl (C=O) groups excluding carboxylic acids is 1. The van der Waals surface area contributed by atoms with Gasteiger partial charge >= 0.3 is 0 Å². The highest BCUT2D eigenvalue weighted by Gasteiger charge is 2.31. The number of hydrogen-bond donors (Lipinski definition) is 0. The van der Waals surface area contributed by atoms with Crippen molar-refractivity contribution in [3.63, 3.8) is 0 Å². The Morgan fingerprint density at radius 1 is 1.50 bits per heavy atom. The summed E-state index contributed by atoms with van der Waals surface area (Å²) in [7, 11) is 0. The molecule has 1 aromatic heterocycles. The maximum absolute atomic E-state index is 11.8. The molecule has 0 atom stereocenters. The summed E-state index contributed by atoms with van der Waals surface area (Å²) in [6.45, 7) is 2.21. The topological polar surface area (TPSA) is 30.2 Å². The second kappa shape index (κ2) is 3.60. The molecule has 0 aromatic carbocycles. The Labute approximate surface area is 84.3 Å². The van der Waals surface area contributed by atoms with Crippen molar-refractivity contribution < 1.29 is 9.21 Å². The van der Waals surface area contributed by atoms with Gasteiger partial charge in [0.25, 0.3) is 0 Å². The number of furan rings is 1. The highest BCUT2D eigenvalue weighted by atomic mass is 16.3. The predicted octanol–water partition coefficient (Wildman–Crippen LogP) is 3.43. The van der Waals surface area contributed by atoms with Crippen LogP contribution in [-0.2, 0) is 0 Å². The van der Waals surface area contributed by atoms with E-state index in [2.05, 4.69) is 6.92 Å². The van der Waals surface area contributed by atoms with Gasteiger partial charge in [-0.1, -0.05) is 19.8 Å². The summed E-state index contributed by atoms with van der Waals surface area (Å²) >= 11 is 0.